The molecule has 2 heterocycles. The lowest BCUT2D eigenvalue weighted by Gasteiger charge is -2.30. The third-order valence-electron chi connectivity index (χ3n) is 4.31. The van der Waals surface area contributed by atoms with E-state index in [4.69, 9.17) is 9.84 Å². The molecular formula is C18H21NO3S. The maximum atomic E-state index is 11.1. The third kappa shape index (κ3) is 4.12. The molecule has 4 nitrogen and oxygen atoms in total. The van der Waals surface area contributed by atoms with Gasteiger partial charge in [-0.3, -0.25) is 4.90 Å². The third-order valence-corrected chi connectivity index (χ3v) is 5.27. The van der Waals surface area contributed by atoms with Gasteiger partial charge in [0.15, 0.2) is 0 Å². The van der Waals surface area contributed by atoms with Crippen molar-refractivity contribution in [3.8, 4) is 0 Å². The van der Waals surface area contributed by atoms with Crippen LogP contribution in [0.4, 0.5) is 4.79 Å². The largest absolute Gasteiger partial charge is 0.506 e. The molecular weight excluding hydrogens is 310 g/mol. The number of thiophene rings is 1. The predicted octanol–water partition coefficient (Wildman–Crippen LogP) is 4.71. The first-order chi connectivity index (χ1) is 11.2. The second kappa shape index (κ2) is 7.62. The maximum Gasteiger partial charge on any atom is 0.506 e. The second-order valence-electron chi connectivity index (χ2n) is 5.79. The van der Waals surface area contributed by atoms with Crippen LogP contribution in [0.1, 0.15) is 41.8 Å². The van der Waals surface area contributed by atoms with E-state index in [1.807, 2.05) is 35.7 Å². The number of rotatable bonds is 6. The summed E-state index contributed by atoms with van der Waals surface area (Å²) in [5, 5.41) is 11.1. The molecule has 5 heteroatoms. The van der Waals surface area contributed by atoms with Crippen molar-refractivity contribution in [2.24, 2.45) is 0 Å². The molecule has 3 rings (SSSR count). The molecule has 1 aromatic heterocycles. The minimum Gasteiger partial charge on any atom is -0.450 e. The van der Waals surface area contributed by atoms with Crippen molar-refractivity contribution >= 4 is 17.5 Å². The number of likely N-dealkylation sites (tertiary alicyclic amines) is 1. The van der Waals surface area contributed by atoms with E-state index in [-0.39, 0.29) is 6.04 Å². The van der Waals surface area contributed by atoms with Gasteiger partial charge in [0.25, 0.3) is 0 Å². The molecule has 2 unspecified atom stereocenters. The highest BCUT2D eigenvalue weighted by atomic mass is 32.1. The summed E-state index contributed by atoms with van der Waals surface area (Å²) in [6.07, 6.45) is 1.42. The molecule has 1 aliphatic heterocycles. The minimum absolute atomic E-state index is 0.185. The van der Waals surface area contributed by atoms with E-state index in [2.05, 4.69) is 17.0 Å². The molecule has 1 N–H and O–H groups in total. The smallest absolute Gasteiger partial charge is 0.450 e. The van der Waals surface area contributed by atoms with Crippen molar-refractivity contribution in [2.45, 2.75) is 31.4 Å². The standard InChI is InChI=1S/C18H21NO3S/c20-18(21)22-16(17-9-6-12-23-17)13-15(19-10-4-5-11-19)14-7-2-1-3-8-14/h1-3,6-9,12,15-16H,4-5,10-11,13H2,(H,20,21). The molecule has 0 radical (unpaired) electrons. The van der Waals surface area contributed by atoms with Crippen LogP contribution in [0.25, 0.3) is 0 Å². The summed E-state index contributed by atoms with van der Waals surface area (Å²) in [4.78, 5) is 14.5. The lowest BCUT2D eigenvalue weighted by Crippen LogP contribution is -2.28. The molecule has 0 spiro atoms. The van der Waals surface area contributed by atoms with Crippen LogP contribution in [0.3, 0.4) is 0 Å². The van der Waals surface area contributed by atoms with Crippen LogP contribution in [0.15, 0.2) is 47.8 Å². The number of nitrogens with zero attached hydrogens (tertiary/aromatic N) is 1. The fraction of sp³-hybridized carbons (Fsp3) is 0.389. The lowest BCUT2D eigenvalue weighted by atomic mass is 9.98. The Balaban J connectivity index is 1.84. The quantitative estimate of drug-likeness (QED) is 0.779. The summed E-state index contributed by atoms with van der Waals surface area (Å²) in [5.74, 6) is 0. The highest BCUT2D eigenvalue weighted by Gasteiger charge is 2.29. The van der Waals surface area contributed by atoms with Crippen molar-refractivity contribution in [3.05, 3.63) is 58.3 Å². The zero-order valence-electron chi connectivity index (χ0n) is 12.9. The lowest BCUT2D eigenvalue weighted by molar-refractivity contribution is 0.0352. The Morgan fingerprint density at radius 2 is 1.91 bits per heavy atom. The van der Waals surface area contributed by atoms with E-state index in [1.54, 1.807) is 11.3 Å². The zero-order chi connectivity index (χ0) is 16.1. The first-order valence-corrected chi connectivity index (χ1v) is 8.84. The number of hydrogen-bond donors (Lipinski definition) is 1. The van der Waals surface area contributed by atoms with E-state index in [0.717, 1.165) is 18.0 Å². The van der Waals surface area contributed by atoms with Crippen molar-refractivity contribution in [1.29, 1.82) is 0 Å². The van der Waals surface area contributed by atoms with Gasteiger partial charge in [-0.05, 0) is 42.9 Å². The van der Waals surface area contributed by atoms with Crippen LogP contribution >= 0.6 is 11.3 Å². The first-order valence-electron chi connectivity index (χ1n) is 7.96. The van der Waals surface area contributed by atoms with Crippen LogP contribution in [0, 0.1) is 0 Å². The number of benzene rings is 1. The van der Waals surface area contributed by atoms with Crippen LogP contribution < -0.4 is 0 Å². The summed E-state index contributed by atoms with van der Waals surface area (Å²) in [5.41, 5.74) is 1.23. The normalized spacial score (nSPS) is 17.7. The van der Waals surface area contributed by atoms with Gasteiger partial charge in [0.05, 0.1) is 0 Å². The van der Waals surface area contributed by atoms with Crippen LogP contribution in [-0.4, -0.2) is 29.3 Å². The average Bonchev–Trinajstić information content (AvgIpc) is 3.25. The molecule has 122 valence electrons. The Morgan fingerprint density at radius 3 is 2.52 bits per heavy atom. The van der Waals surface area contributed by atoms with Gasteiger partial charge in [-0.25, -0.2) is 4.79 Å². The van der Waals surface area contributed by atoms with Gasteiger partial charge < -0.3 is 9.84 Å². The molecule has 0 aliphatic carbocycles. The summed E-state index contributed by atoms with van der Waals surface area (Å²) in [6, 6.07) is 14.4. The highest BCUT2D eigenvalue weighted by Crippen LogP contribution is 2.36. The summed E-state index contributed by atoms with van der Waals surface area (Å²) < 4.78 is 5.21. The zero-order valence-corrected chi connectivity index (χ0v) is 13.7. The highest BCUT2D eigenvalue weighted by molar-refractivity contribution is 7.10. The van der Waals surface area contributed by atoms with E-state index in [9.17, 15) is 4.79 Å². The Bertz CT molecular complexity index is 608. The topological polar surface area (TPSA) is 49.8 Å². The van der Waals surface area contributed by atoms with E-state index >= 15 is 0 Å². The van der Waals surface area contributed by atoms with Crippen molar-refractivity contribution in [1.82, 2.24) is 4.90 Å². The molecule has 0 saturated carbocycles. The molecule has 0 bridgehead atoms. The predicted molar refractivity (Wildman–Crippen MR) is 90.8 cm³/mol. The molecule has 1 saturated heterocycles. The van der Waals surface area contributed by atoms with Gasteiger partial charge in [-0.2, -0.15) is 0 Å². The molecule has 0 amide bonds. The van der Waals surface area contributed by atoms with E-state index < -0.39 is 12.3 Å². The maximum absolute atomic E-state index is 11.1. The number of carbonyl (C=O) groups is 1. The summed E-state index contributed by atoms with van der Waals surface area (Å²) >= 11 is 1.55. The Morgan fingerprint density at radius 1 is 1.17 bits per heavy atom. The van der Waals surface area contributed by atoms with Gasteiger partial charge in [0, 0.05) is 17.3 Å². The van der Waals surface area contributed by atoms with Gasteiger partial charge in [-0.15, -0.1) is 11.3 Å². The van der Waals surface area contributed by atoms with Gasteiger partial charge in [-0.1, -0.05) is 36.4 Å². The number of hydrogen-bond acceptors (Lipinski definition) is 4. The van der Waals surface area contributed by atoms with Crippen LogP contribution in [0.5, 0.6) is 0 Å². The van der Waals surface area contributed by atoms with Gasteiger partial charge >= 0.3 is 6.16 Å². The molecule has 23 heavy (non-hydrogen) atoms. The van der Waals surface area contributed by atoms with Crippen molar-refractivity contribution in [2.75, 3.05) is 13.1 Å². The van der Waals surface area contributed by atoms with Crippen LogP contribution in [0.2, 0.25) is 0 Å². The molecule has 2 aromatic rings. The fourth-order valence-corrected chi connectivity index (χ4v) is 4.01. The monoisotopic (exact) mass is 331 g/mol. The van der Waals surface area contributed by atoms with Gasteiger partial charge in [0.1, 0.15) is 6.10 Å². The minimum atomic E-state index is -1.21. The Hall–Kier alpha value is -1.85. The van der Waals surface area contributed by atoms with E-state index in [1.165, 1.54) is 18.4 Å². The summed E-state index contributed by atoms with van der Waals surface area (Å²) in [7, 11) is 0. The summed E-state index contributed by atoms with van der Waals surface area (Å²) in [6.45, 7) is 2.12. The molecule has 1 aromatic carbocycles. The molecule has 2 atom stereocenters. The SMILES string of the molecule is O=C(O)OC(CC(c1ccccc1)N1CCCC1)c1cccs1. The molecule has 1 fully saturated rings. The number of ether oxygens (including phenoxy) is 1. The van der Waals surface area contributed by atoms with Crippen molar-refractivity contribution in [3.63, 3.8) is 0 Å². The second-order valence-corrected chi connectivity index (χ2v) is 6.77. The average molecular weight is 331 g/mol. The Labute approximate surface area is 140 Å². The van der Waals surface area contributed by atoms with Crippen molar-refractivity contribution < 1.29 is 14.6 Å². The van der Waals surface area contributed by atoms with Gasteiger partial charge in [0.2, 0.25) is 0 Å². The van der Waals surface area contributed by atoms with Crippen LogP contribution in [-0.2, 0) is 4.74 Å². The Kier molecular flexibility index (Phi) is 5.31. The number of carboxylic acid groups (broad SMARTS) is 1. The molecule has 1 aliphatic rings. The first kappa shape index (κ1) is 16.0. The fourth-order valence-electron chi connectivity index (χ4n) is 3.25. The van der Waals surface area contributed by atoms with E-state index in [0.29, 0.717) is 6.42 Å².